The van der Waals surface area contributed by atoms with Gasteiger partial charge in [-0.1, -0.05) is 11.6 Å². The van der Waals surface area contributed by atoms with Crippen molar-refractivity contribution in [3.63, 3.8) is 0 Å². The van der Waals surface area contributed by atoms with Crippen molar-refractivity contribution in [2.45, 2.75) is 20.3 Å². The first-order valence-electron chi connectivity index (χ1n) is 10.1. The number of carbonyl (C=O) groups is 2. The van der Waals surface area contributed by atoms with Crippen molar-refractivity contribution in [2.24, 2.45) is 0 Å². The van der Waals surface area contributed by atoms with Crippen LogP contribution in [0.25, 0.3) is 5.78 Å². The zero-order valence-corrected chi connectivity index (χ0v) is 18.3. The molecule has 0 unspecified atom stereocenters. The van der Waals surface area contributed by atoms with Crippen molar-refractivity contribution >= 4 is 34.9 Å². The van der Waals surface area contributed by atoms with Crippen LogP contribution in [0.1, 0.15) is 17.2 Å². The molecule has 3 aromatic rings. The monoisotopic (exact) mass is 441 g/mol. The number of nitrogens with one attached hydrogen (secondary N) is 1. The van der Waals surface area contributed by atoms with Crippen LogP contribution >= 0.6 is 11.6 Å². The molecule has 0 spiro atoms. The summed E-state index contributed by atoms with van der Waals surface area (Å²) in [6, 6.07) is 9.58. The second-order valence-corrected chi connectivity index (χ2v) is 8.01. The number of benzene rings is 1. The van der Waals surface area contributed by atoms with Crippen molar-refractivity contribution < 1.29 is 9.59 Å². The molecule has 0 radical (unpaired) electrons. The van der Waals surface area contributed by atoms with Crippen molar-refractivity contribution in [1.82, 2.24) is 29.8 Å². The maximum atomic E-state index is 12.5. The van der Waals surface area contributed by atoms with Crippen LogP contribution in [-0.4, -0.2) is 69.0 Å². The van der Waals surface area contributed by atoms with Gasteiger partial charge in [-0.25, -0.2) is 9.50 Å². The van der Waals surface area contributed by atoms with Gasteiger partial charge in [0.1, 0.15) is 0 Å². The molecule has 1 fully saturated rings. The summed E-state index contributed by atoms with van der Waals surface area (Å²) in [6.45, 7) is 6.44. The first-order chi connectivity index (χ1) is 14.9. The number of aryl methyl sites for hydroxylation is 2. The van der Waals surface area contributed by atoms with Gasteiger partial charge in [-0.2, -0.15) is 4.98 Å². The minimum Gasteiger partial charge on any atom is -0.368 e. The highest BCUT2D eigenvalue weighted by atomic mass is 35.5. The van der Waals surface area contributed by atoms with E-state index in [9.17, 15) is 9.59 Å². The molecule has 2 aromatic heterocycles. The largest absolute Gasteiger partial charge is 0.368 e. The minimum atomic E-state index is -0.293. The molecule has 1 saturated heterocycles. The lowest BCUT2D eigenvalue weighted by Gasteiger charge is -2.36. The summed E-state index contributed by atoms with van der Waals surface area (Å²) in [7, 11) is 0. The van der Waals surface area contributed by atoms with Gasteiger partial charge >= 0.3 is 0 Å². The predicted octanol–water partition coefficient (Wildman–Crippen LogP) is 1.40. The third-order valence-corrected chi connectivity index (χ3v) is 5.49. The number of piperazine rings is 1. The summed E-state index contributed by atoms with van der Waals surface area (Å²) in [5, 5.41) is 7.71. The molecule has 1 aliphatic rings. The first-order valence-corrected chi connectivity index (χ1v) is 10.5. The fourth-order valence-corrected chi connectivity index (χ4v) is 3.77. The molecule has 2 amide bonds. The predicted molar refractivity (Wildman–Crippen MR) is 117 cm³/mol. The van der Waals surface area contributed by atoms with Crippen LogP contribution in [0.2, 0.25) is 5.02 Å². The van der Waals surface area contributed by atoms with Gasteiger partial charge in [0.05, 0.1) is 13.0 Å². The van der Waals surface area contributed by atoms with Crippen molar-refractivity contribution in [1.29, 1.82) is 0 Å². The Morgan fingerprint density at radius 3 is 2.48 bits per heavy atom. The summed E-state index contributed by atoms with van der Waals surface area (Å²) >= 11 is 5.94. The molecule has 0 bridgehead atoms. The Morgan fingerprint density at radius 2 is 1.77 bits per heavy atom. The average Bonchev–Trinajstić information content (AvgIpc) is 3.15. The molecule has 10 heteroatoms. The number of anilines is 1. The summed E-state index contributed by atoms with van der Waals surface area (Å²) in [5.74, 6) is 0.455. The zero-order chi connectivity index (χ0) is 22.0. The molecule has 4 rings (SSSR count). The highest BCUT2D eigenvalue weighted by Crippen LogP contribution is 2.19. The van der Waals surface area contributed by atoms with E-state index in [-0.39, 0.29) is 24.8 Å². The Hall–Kier alpha value is -3.20. The quantitative estimate of drug-likeness (QED) is 0.643. The number of hydrogen-bond donors (Lipinski definition) is 1. The van der Waals surface area contributed by atoms with Gasteiger partial charge in [0.15, 0.2) is 5.82 Å². The molecule has 1 N–H and O–H groups in total. The number of carbonyl (C=O) groups excluding carboxylic acids is 2. The van der Waals surface area contributed by atoms with Gasteiger partial charge in [-0.3, -0.25) is 9.59 Å². The van der Waals surface area contributed by atoms with E-state index in [1.54, 1.807) is 9.42 Å². The third kappa shape index (κ3) is 4.93. The van der Waals surface area contributed by atoms with E-state index in [2.05, 4.69) is 25.3 Å². The standard InChI is InChI=1S/C21H24ClN7O2/c1-14-11-15(2)29-21(24-14)25-18(26-29)12-19(30)23-13-20(31)28-9-7-27(8-10-28)17-5-3-16(22)4-6-17/h3-6,11H,7-10,12-13H2,1-2H3,(H,23,30). The summed E-state index contributed by atoms with van der Waals surface area (Å²) in [5.41, 5.74) is 2.83. The molecule has 9 nitrogen and oxygen atoms in total. The molecule has 162 valence electrons. The second-order valence-electron chi connectivity index (χ2n) is 7.58. The number of amides is 2. The van der Waals surface area contributed by atoms with Gasteiger partial charge in [0, 0.05) is 48.3 Å². The third-order valence-electron chi connectivity index (χ3n) is 5.24. The van der Waals surface area contributed by atoms with Crippen molar-refractivity contribution in [2.75, 3.05) is 37.6 Å². The van der Waals surface area contributed by atoms with Crippen molar-refractivity contribution in [3.8, 4) is 0 Å². The maximum Gasteiger partial charge on any atom is 0.252 e. The van der Waals surface area contributed by atoms with Crippen LogP contribution in [0.3, 0.4) is 0 Å². The van der Waals surface area contributed by atoms with E-state index in [0.29, 0.717) is 29.7 Å². The Labute approximate surface area is 185 Å². The number of hydrogen-bond acceptors (Lipinski definition) is 6. The Morgan fingerprint density at radius 1 is 1.06 bits per heavy atom. The lowest BCUT2D eigenvalue weighted by Crippen LogP contribution is -2.51. The SMILES string of the molecule is Cc1cc(C)n2nc(CC(=O)NCC(=O)N3CCN(c4ccc(Cl)cc4)CC3)nc2n1. The van der Waals surface area contributed by atoms with E-state index in [1.165, 1.54) is 0 Å². The van der Waals surface area contributed by atoms with Gasteiger partial charge in [0.2, 0.25) is 11.8 Å². The Bertz CT molecular complexity index is 1100. The van der Waals surface area contributed by atoms with Gasteiger partial charge in [-0.05, 0) is 44.2 Å². The number of rotatable bonds is 5. The summed E-state index contributed by atoms with van der Waals surface area (Å²) < 4.78 is 1.61. The van der Waals surface area contributed by atoms with Gasteiger partial charge < -0.3 is 15.1 Å². The average molecular weight is 442 g/mol. The fraction of sp³-hybridized carbons (Fsp3) is 0.381. The molecule has 31 heavy (non-hydrogen) atoms. The number of nitrogens with zero attached hydrogens (tertiary/aromatic N) is 6. The fourth-order valence-electron chi connectivity index (χ4n) is 3.64. The number of aromatic nitrogens is 4. The van der Waals surface area contributed by atoms with E-state index in [4.69, 9.17) is 11.6 Å². The van der Waals surface area contributed by atoms with Crippen LogP contribution in [0.4, 0.5) is 5.69 Å². The molecular weight excluding hydrogens is 418 g/mol. The Balaban J connectivity index is 1.26. The normalized spacial score (nSPS) is 14.2. The smallest absolute Gasteiger partial charge is 0.252 e. The molecule has 0 atom stereocenters. The number of halogens is 1. The topological polar surface area (TPSA) is 95.7 Å². The maximum absolute atomic E-state index is 12.5. The highest BCUT2D eigenvalue weighted by Gasteiger charge is 2.22. The van der Waals surface area contributed by atoms with Crippen LogP contribution in [0.15, 0.2) is 30.3 Å². The molecule has 0 aliphatic carbocycles. The Kier molecular flexibility index (Phi) is 6.03. The van der Waals surface area contributed by atoms with Crippen LogP contribution in [-0.2, 0) is 16.0 Å². The minimum absolute atomic E-state index is 0.000524. The van der Waals surface area contributed by atoms with E-state index in [1.807, 2.05) is 44.2 Å². The van der Waals surface area contributed by atoms with Crippen LogP contribution < -0.4 is 10.2 Å². The highest BCUT2D eigenvalue weighted by molar-refractivity contribution is 6.30. The van der Waals surface area contributed by atoms with E-state index < -0.39 is 0 Å². The molecule has 3 heterocycles. The van der Waals surface area contributed by atoms with E-state index >= 15 is 0 Å². The molecule has 1 aromatic carbocycles. The van der Waals surface area contributed by atoms with E-state index in [0.717, 1.165) is 30.2 Å². The van der Waals surface area contributed by atoms with Crippen molar-refractivity contribution in [3.05, 3.63) is 52.6 Å². The van der Waals surface area contributed by atoms with Gasteiger partial charge in [0.25, 0.3) is 5.78 Å². The summed E-state index contributed by atoms with van der Waals surface area (Å²) in [4.78, 5) is 37.4. The van der Waals surface area contributed by atoms with Crippen LogP contribution in [0.5, 0.6) is 0 Å². The lowest BCUT2D eigenvalue weighted by molar-refractivity contribution is -0.133. The first kappa shape index (κ1) is 21.0. The molecule has 0 saturated carbocycles. The zero-order valence-electron chi connectivity index (χ0n) is 17.5. The lowest BCUT2D eigenvalue weighted by atomic mass is 10.2. The molecule has 1 aliphatic heterocycles. The molecular formula is C21H24ClN7O2. The second kappa shape index (κ2) is 8.89. The number of fused-ring (bicyclic) bond motifs is 1. The summed E-state index contributed by atoms with van der Waals surface area (Å²) in [6.07, 6.45) is -0.000524. The van der Waals surface area contributed by atoms with Crippen LogP contribution in [0, 0.1) is 13.8 Å². The van der Waals surface area contributed by atoms with Gasteiger partial charge in [-0.15, -0.1) is 5.10 Å².